The Hall–Kier alpha value is -1.71. The number of aliphatic hydroxyl groups is 1. The Labute approximate surface area is 190 Å². The minimum absolute atomic E-state index is 0.257. The lowest BCUT2D eigenvalue weighted by Crippen LogP contribution is -2.49. The molecule has 31 heavy (non-hydrogen) atoms. The van der Waals surface area contributed by atoms with Gasteiger partial charge in [-0.05, 0) is 38.2 Å². The average molecular weight is 449 g/mol. The van der Waals surface area contributed by atoms with E-state index in [0.29, 0.717) is 18.0 Å². The number of hydrogen-bond acceptors (Lipinski definition) is 8. The summed E-state index contributed by atoms with van der Waals surface area (Å²) in [5, 5.41) is 13.6. The molecule has 1 aliphatic rings. The smallest absolute Gasteiger partial charge is 0.161 e. The molecule has 3 rings (SSSR count). The summed E-state index contributed by atoms with van der Waals surface area (Å²) < 4.78 is 11.4. The van der Waals surface area contributed by atoms with Crippen molar-refractivity contribution >= 4 is 11.3 Å². The summed E-state index contributed by atoms with van der Waals surface area (Å²) in [6.45, 7) is 11.9. The second-order valence-corrected chi connectivity index (χ2v) is 9.28. The van der Waals surface area contributed by atoms with E-state index < -0.39 is 6.10 Å². The van der Waals surface area contributed by atoms with Gasteiger partial charge in [-0.2, -0.15) is 0 Å². The maximum atomic E-state index is 10.4. The lowest BCUT2D eigenvalue weighted by molar-refractivity contribution is 0.0464. The summed E-state index contributed by atoms with van der Waals surface area (Å²) >= 11 is 1.68. The first kappa shape index (κ1) is 23.9. The number of nitrogens with zero attached hydrogens (tertiary/aromatic N) is 4. The molecule has 1 saturated heterocycles. The highest BCUT2D eigenvalue weighted by atomic mass is 32.1. The first-order valence-corrected chi connectivity index (χ1v) is 11.9. The standard InChI is InChI=1S/C23H36N4O3S/c1-5-26-8-10-27(11-9-26)15-21(28)16-30-22-7-6-19(12-23(22)29-4)13-25(3)14-20-17-31-18(2)24-20/h6-7,12,17,21,28H,5,8-11,13-16H2,1-4H3. The SMILES string of the molecule is CCN1CCN(CC(O)COc2ccc(CN(C)Cc3csc(C)n3)cc2OC)CC1. The molecule has 0 bridgehead atoms. The Morgan fingerprint density at radius 2 is 1.90 bits per heavy atom. The number of aromatic nitrogens is 1. The number of thiazole rings is 1. The van der Waals surface area contributed by atoms with Gasteiger partial charge in [-0.15, -0.1) is 11.3 Å². The van der Waals surface area contributed by atoms with E-state index in [0.717, 1.165) is 62.1 Å². The molecule has 0 radical (unpaired) electrons. The summed E-state index contributed by atoms with van der Waals surface area (Å²) in [6, 6.07) is 5.99. The van der Waals surface area contributed by atoms with Crippen molar-refractivity contribution in [3.05, 3.63) is 39.8 Å². The predicted octanol–water partition coefficient (Wildman–Crippen LogP) is 2.47. The van der Waals surface area contributed by atoms with Gasteiger partial charge in [0.15, 0.2) is 11.5 Å². The van der Waals surface area contributed by atoms with Gasteiger partial charge in [0.25, 0.3) is 0 Å². The van der Waals surface area contributed by atoms with Crippen LogP contribution >= 0.6 is 11.3 Å². The van der Waals surface area contributed by atoms with E-state index in [-0.39, 0.29) is 6.61 Å². The van der Waals surface area contributed by atoms with Crippen LogP contribution in [-0.4, -0.2) is 90.9 Å². The van der Waals surface area contributed by atoms with Gasteiger partial charge in [0.1, 0.15) is 12.7 Å². The van der Waals surface area contributed by atoms with Crippen molar-refractivity contribution in [3.8, 4) is 11.5 Å². The van der Waals surface area contributed by atoms with Crippen molar-refractivity contribution in [3.63, 3.8) is 0 Å². The fourth-order valence-electron chi connectivity index (χ4n) is 3.88. The van der Waals surface area contributed by atoms with Crippen molar-refractivity contribution < 1.29 is 14.6 Å². The first-order chi connectivity index (χ1) is 15.0. The summed E-state index contributed by atoms with van der Waals surface area (Å²) in [5.74, 6) is 1.36. The molecule has 1 fully saturated rings. The van der Waals surface area contributed by atoms with E-state index in [1.54, 1.807) is 18.4 Å². The first-order valence-electron chi connectivity index (χ1n) is 11.0. The molecule has 2 heterocycles. The topological polar surface area (TPSA) is 61.3 Å². The molecule has 1 N–H and O–H groups in total. The minimum Gasteiger partial charge on any atom is -0.493 e. The number of β-amino-alcohol motifs (C(OH)–C–C–N with tert-alkyl or cyclic N) is 1. The molecule has 172 valence electrons. The van der Waals surface area contributed by atoms with Crippen LogP contribution in [0.5, 0.6) is 11.5 Å². The maximum absolute atomic E-state index is 10.4. The summed E-state index contributed by atoms with van der Waals surface area (Å²) in [6.07, 6.45) is -0.523. The number of rotatable bonds is 11. The second-order valence-electron chi connectivity index (χ2n) is 8.22. The van der Waals surface area contributed by atoms with Crippen molar-refractivity contribution in [1.29, 1.82) is 0 Å². The zero-order chi connectivity index (χ0) is 22.2. The number of ether oxygens (including phenoxy) is 2. The van der Waals surface area contributed by atoms with Crippen LogP contribution in [0.4, 0.5) is 0 Å². The molecule has 2 aromatic rings. The third-order valence-electron chi connectivity index (χ3n) is 5.59. The van der Waals surface area contributed by atoms with Gasteiger partial charge in [-0.3, -0.25) is 9.80 Å². The van der Waals surface area contributed by atoms with E-state index in [1.807, 2.05) is 19.1 Å². The van der Waals surface area contributed by atoms with E-state index in [1.165, 1.54) is 0 Å². The van der Waals surface area contributed by atoms with E-state index in [4.69, 9.17) is 9.47 Å². The van der Waals surface area contributed by atoms with E-state index in [2.05, 4.69) is 45.1 Å². The normalized spacial score (nSPS) is 16.6. The largest absolute Gasteiger partial charge is 0.493 e. The van der Waals surface area contributed by atoms with E-state index in [9.17, 15) is 5.11 Å². The van der Waals surface area contributed by atoms with Gasteiger partial charge >= 0.3 is 0 Å². The molecule has 1 atom stereocenters. The summed E-state index contributed by atoms with van der Waals surface area (Å²) in [4.78, 5) is 11.5. The highest BCUT2D eigenvalue weighted by Crippen LogP contribution is 2.29. The monoisotopic (exact) mass is 448 g/mol. The van der Waals surface area contributed by atoms with E-state index >= 15 is 0 Å². The van der Waals surface area contributed by atoms with Crippen LogP contribution in [0.3, 0.4) is 0 Å². The molecule has 1 aromatic carbocycles. The molecule has 0 saturated carbocycles. The average Bonchev–Trinajstić information content (AvgIpc) is 3.17. The Kier molecular flexibility index (Phi) is 9.10. The van der Waals surface area contributed by atoms with Gasteiger partial charge < -0.3 is 19.5 Å². The van der Waals surface area contributed by atoms with Crippen LogP contribution in [0.15, 0.2) is 23.6 Å². The van der Waals surface area contributed by atoms with Crippen molar-refractivity contribution in [1.82, 2.24) is 19.7 Å². The third-order valence-corrected chi connectivity index (χ3v) is 6.41. The molecule has 1 aliphatic heterocycles. The van der Waals surface area contributed by atoms with Gasteiger partial charge in [0, 0.05) is 51.2 Å². The van der Waals surface area contributed by atoms with Crippen LogP contribution < -0.4 is 9.47 Å². The maximum Gasteiger partial charge on any atom is 0.161 e. The van der Waals surface area contributed by atoms with Crippen LogP contribution in [0.1, 0.15) is 23.2 Å². The fourth-order valence-corrected chi connectivity index (χ4v) is 4.48. The number of methoxy groups -OCH3 is 1. The molecular weight excluding hydrogens is 412 g/mol. The molecule has 8 heteroatoms. The van der Waals surface area contributed by atoms with Crippen LogP contribution in [0.2, 0.25) is 0 Å². The van der Waals surface area contributed by atoms with Gasteiger partial charge in [0.05, 0.1) is 17.8 Å². The van der Waals surface area contributed by atoms with Gasteiger partial charge in [-0.25, -0.2) is 4.98 Å². The number of likely N-dealkylation sites (N-methyl/N-ethyl adjacent to an activating group) is 1. The van der Waals surface area contributed by atoms with Crippen molar-refractivity contribution in [2.24, 2.45) is 0 Å². The molecule has 7 nitrogen and oxygen atoms in total. The van der Waals surface area contributed by atoms with Crippen molar-refractivity contribution in [2.75, 3.05) is 60.0 Å². The Morgan fingerprint density at radius 3 is 2.55 bits per heavy atom. The molecule has 1 unspecified atom stereocenters. The number of aryl methyl sites for hydroxylation is 1. The second kappa shape index (κ2) is 11.8. The molecule has 1 aromatic heterocycles. The zero-order valence-electron chi connectivity index (χ0n) is 19.2. The van der Waals surface area contributed by atoms with Crippen LogP contribution in [0, 0.1) is 6.92 Å². The van der Waals surface area contributed by atoms with Crippen LogP contribution in [0.25, 0.3) is 0 Å². The quantitative estimate of drug-likeness (QED) is 0.567. The third kappa shape index (κ3) is 7.43. The minimum atomic E-state index is -0.523. The Balaban J connectivity index is 1.47. The Morgan fingerprint density at radius 1 is 1.16 bits per heavy atom. The summed E-state index contributed by atoms with van der Waals surface area (Å²) in [5.41, 5.74) is 2.25. The molecule has 0 amide bonds. The van der Waals surface area contributed by atoms with Crippen molar-refractivity contribution in [2.45, 2.75) is 33.0 Å². The van der Waals surface area contributed by atoms with Crippen LogP contribution in [-0.2, 0) is 13.1 Å². The number of benzene rings is 1. The highest BCUT2D eigenvalue weighted by Gasteiger charge is 2.19. The number of piperazine rings is 1. The molecular formula is C23H36N4O3S. The lowest BCUT2D eigenvalue weighted by atomic mass is 10.2. The van der Waals surface area contributed by atoms with Gasteiger partial charge in [-0.1, -0.05) is 13.0 Å². The predicted molar refractivity (Wildman–Crippen MR) is 125 cm³/mol. The molecule has 0 spiro atoms. The fraction of sp³-hybridized carbons (Fsp3) is 0.609. The molecule has 0 aliphatic carbocycles. The number of hydrogen-bond donors (Lipinski definition) is 1. The zero-order valence-corrected chi connectivity index (χ0v) is 20.0. The Bertz CT molecular complexity index is 808. The number of aliphatic hydroxyl groups excluding tert-OH is 1. The lowest BCUT2D eigenvalue weighted by Gasteiger charge is -2.34. The summed E-state index contributed by atoms with van der Waals surface area (Å²) in [7, 11) is 3.74. The van der Waals surface area contributed by atoms with Gasteiger partial charge in [0.2, 0.25) is 0 Å². The highest BCUT2D eigenvalue weighted by molar-refractivity contribution is 7.09.